The van der Waals surface area contributed by atoms with Crippen molar-refractivity contribution >= 4 is 30.5 Å². The van der Waals surface area contributed by atoms with E-state index in [0.29, 0.717) is 6.61 Å². The largest absolute Gasteiger partial charge is 0.447 e. The highest BCUT2D eigenvalue weighted by Crippen LogP contribution is 2.18. The number of alkyl carbamates (subject to hydrolysis) is 1. The average molecular weight is 207 g/mol. The number of ether oxygens (including phenoxy) is 1. The lowest BCUT2D eigenvalue weighted by Crippen LogP contribution is -2.42. The summed E-state index contributed by atoms with van der Waals surface area (Å²) in [6.07, 6.45) is -0.302. The van der Waals surface area contributed by atoms with E-state index in [-0.39, 0.29) is 11.6 Å². The predicted octanol–water partition coefficient (Wildman–Crippen LogP) is 1.15. The van der Waals surface area contributed by atoms with Crippen LogP contribution < -0.4 is 5.32 Å². The first-order chi connectivity index (χ1) is 5.66. The summed E-state index contributed by atoms with van der Waals surface area (Å²) in [6, 6.07) is 0. The molecule has 1 aliphatic rings. The molecule has 0 radical (unpaired) electrons. The van der Waals surface area contributed by atoms with Crippen LogP contribution in [0.1, 0.15) is 6.92 Å². The van der Waals surface area contributed by atoms with Crippen LogP contribution in [-0.2, 0) is 4.74 Å². The van der Waals surface area contributed by atoms with Crippen LogP contribution >= 0.6 is 24.4 Å². The van der Waals surface area contributed by atoms with Crippen LogP contribution in [0.4, 0.5) is 4.79 Å². The zero-order valence-electron chi connectivity index (χ0n) is 7.00. The summed E-state index contributed by atoms with van der Waals surface area (Å²) in [5.74, 6) is 2.77. The Balaban J connectivity index is 2.25. The summed E-state index contributed by atoms with van der Waals surface area (Å²) in [6.45, 7) is 2.47. The van der Waals surface area contributed by atoms with E-state index in [1.165, 1.54) is 0 Å². The van der Waals surface area contributed by atoms with Gasteiger partial charge in [-0.3, -0.25) is 0 Å². The fourth-order valence-electron chi connectivity index (χ4n) is 0.983. The summed E-state index contributed by atoms with van der Waals surface area (Å²) in [4.78, 5) is 10.7. The third kappa shape index (κ3) is 2.79. The number of cyclic esters (lactones) is 1. The Kier molecular flexibility index (Phi) is 3.58. The van der Waals surface area contributed by atoms with Crippen LogP contribution in [0, 0.1) is 0 Å². The normalized spacial score (nSPS) is 28.3. The minimum absolute atomic E-state index is 0.176. The van der Waals surface area contributed by atoms with Crippen molar-refractivity contribution in [2.45, 2.75) is 12.5 Å². The number of thioether (sulfide) groups is 1. The standard InChI is InChI=1S/C7H13NO2S2/c1-7(5-12-3-2-11)4-10-6(9)8-7/h11H,2-5H2,1H3,(H,8,9). The van der Waals surface area contributed by atoms with E-state index in [4.69, 9.17) is 4.74 Å². The molecule has 3 nitrogen and oxygen atoms in total. The first kappa shape index (κ1) is 10.1. The van der Waals surface area contributed by atoms with Crippen LogP contribution in [0.3, 0.4) is 0 Å². The zero-order chi connectivity index (χ0) is 9.03. The monoisotopic (exact) mass is 207 g/mol. The topological polar surface area (TPSA) is 38.3 Å². The Labute approximate surface area is 82.0 Å². The van der Waals surface area contributed by atoms with E-state index in [1.54, 1.807) is 11.8 Å². The highest BCUT2D eigenvalue weighted by atomic mass is 32.2. The maximum atomic E-state index is 10.7. The van der Waals surface area contributed by atoms with Crippen molar-refractivity contribution in [3.8, 4) is 0 Å². The summed E-state index contributed by atoms with van der Waals surface area (Å²) in [5, 5.41) is 2.78. The Morgan fingerprint density at radius 3 is 3.08 bits per heavy atom. The molecule has 0 bridgehead atoms. The Morgan fingerprint density at radius 2 is 2.58 bits per heavy atom. The average Bonchev–Trinajstić information content (AvgIpc) is 2.32. The predicted molar refractivity (Wildman–Crippen MR) is 54.1 cm³/mol. The number of hydrogen-bond acceptors (Lipinski definition) is 4. The lowest BCUT2D eigenvalue weighted by atomic mass is 10.1. The van der Waals surface area contributed by atoms with Gasteiger partial charge in [0.15, 0.2) is 0 Å². The number of rotatable bonds is 4. The van der Waals surface area contributed by atoms with E-state index in [1.807, 2.05) is 6.92 Å². The van der Waals surface area contributed by atoms with Gasteiger partial charge in [-0.05, 0) is 12.7 Å². The molecule has 0 aromatic heterocycles. The lowest BCUT2D eigenvalue weighted by molar-refractivity contribution is 0.174. The van der Waals surface area contributed by atoms with Crippen molar-refractivity contribution in [3.05, 3.63) is 0 Å². The van der Waals surface area contributed by atoms with Crippen molar-refractivity contribution < 1.29 is 9.53 Å². The SMILES string of the molecule is CC1(CSCCS)COC(=O)N1. The van der Waals surface area contributed by atoms with Crippen molar-refractivity contribution in [2.24, 2.45) is 0 Å². The van der Waals surface area contributed by atoms with Crippen molar-refractivity contribution in [2.75, 3.05) is 23.9 Å². The lowest BCUT2D eigenvalue weighted by Gasteiger charge is -2.19. The molecule has 0 aliphatic carbocycles. The van der Waals surface area contributed by atoms with Gasteiger partial charge in [0.2, 0.25) is 0 Å². The number of carbonyl (C=O) groups excluding carboxylic acids is 1. The Bertz CT molecular complexity index is 177. The highest BCUT2D eigenvalue weighted by Gasteiger charge is 2.34. The summed E-state index contributed by atoms with van der Waals surface area (Å²) < 4.78 is 4.82. The second-order valence-electron chi connectivity index (χ2n) is 3.04. The van der Waals surface area contributed by atoms with Crippen LogP contribution in [0.2, 0.25) is 0 Å². The van der Waals surface area contributed by atoms with E-state index < -0.39 is 0 Å². The fourth-order valence-corrected chi connectivity index (χ4v) is 2.25. The molecular weight excluding hydrogens is 194 g/mol. The molecule has 1 rings (SSSR count). The van der Waals surface area contributed by atoms with Crippen molar-refractivity contribution in [1.29, 1.82) is 0 Å². The van der Waals surface area contributed by atoms with Crippen molar-refractivity contribution in [3.63, 3.8) is 0 Å². The summed E-state index contributed by atoms with van der Waals surface area (Å²) in [5.41, 5.74) is -0.176. The molecule has 12 heavy (non-hydrogen) atoms. The summed E-state index contributed by atoms with van der Waals surface area (Å²) >= 11 is 5.88. The maximum Gasteiger partial charge on any atom is 0.407 e. The molecule has 1 N–H and O–H groups in total. The second kappa shape index (κ2) is 4.28. The van der Waals surface area contributed by atoms with E-state index in [0.717, 1.165) is 17.3 Å². The molecular formula is C7H13NO2S2. The van der Waals surface area contributed by atoms with Gasteiger partial charge < -0.3 is 10.1 Å². The summed E-state index contributed by atoms with van der Waals surface area (Å²) in [7, 11) is 0. The molecule has 1 fully saturated rings. The first-order valence-corrected chi connectivity index (χ1v) is 5.58. The number of thiol groups is 1. The van der Waals surface area contributed by atoms with Gasteiger partial charge in [0.25, 0.3) is 0 Å². The van der Waals surface area contributed by atoms with E-state index in [2.05, 4.69) is 17.9 Å². The van der Waals surface area contributed by atoms with Gasteiger partial charge >= 0.3 is 6.09 Å². The zero-order valence-corrected chi connectivity index (χ0v) is 8.71. The number of carbonyl (C=O) groups is 1. The third-order valence-electron chi connectivity index (χ3n) is 1.58. The molecule has 70 valence electrons. The van der Waals surface area contributed by atoms with Gasteiger partial charge in [0.1, 0.15) is 6.61 Å². The van der Waals surface area contributed by atoms with Crippen LogP contribution in [0.15, 0.2) is 0 Å². The number of nitrogens with one attached hydrogen (secondary N) is 1. The molecule has 0 saturated carbocycles. The Morgan fingerprint density at radius 1 is 1.83 bits per heavy atom. The number of hydrogen-bond donors (Lipinski definition) is 2. The van der Waals surface area contributed by atoms with Gasteiger partial charge in [0, 0.05) is 11.5 Å². The number of amides is 1. The molecule has 0 spiro atoms. The molecule has 1 unspecified atom stereocenters. The van der Waals surface area contributed by atoms with Gasteiger partial charge in [0.05, 0.1) is 5.54 Å². The maximum absolute atomic E-state index is 10.7. The molecule has 1 aliphatic heterocycles. The van der Waals surface area contributed by atoms with Crippen molar-refractivity contribution in [1.82, 2.24) is 5.32 Å². The fraction of sp³-hybridized carbons (Fsp3) is 0.857. The van der Waals surface area contributed by atoms with Gasteiger partial charge in [-0.15, -0.1) is 0 Å². The van der Waals surface area contributed by atoms with E-state index in [9.17, 15) is 4.79 Å². The molecule has 1 amide bonds. The highest BCUT2D eigenvalue weighted by molar-refractivity contribution is 8.00. The molecule has 1 saturated heterocycles. The Hall–Kier alpha value is -0.0300. The first-order valence-electron chi connectivity index (χ1n) is 3.80. The molecule has 0 aromatic rings. The molecule has 1 atom stereocenters. The minimum atomic E-state index is -0.302. The smallest absolute Gasteiger partial charge is 0.407 e. The molecule has 1 heterocycles. The van der Waals surface area contributed by atoms with Crippen LogP contribution in [0.5, 0.6) is 0 Å². The molecule has 0 aromatic carbocycles. The molecule has 5 heteroatoms. The van der Waals surface area contributed by atoms with E-state index >= 15 is 0 Å². The van der Waals surface area contributed by atoms with Crippen LogP contribution in [-0.4, -0.2) is 35.5 Å². The second-order valence-corrected chi connectivity index (χ2v) is 4.59. The third-order valence-corrected chi connectivity index (χ3v) is 3.44. The van der Waals surface area contributed by atoms with Gasteiger partial charge in [-0.2, -0.15) is 24.4 Å². The van der Waals surface area contributed by atoms with Crippen LogP contribution in [0.25, 0.3) is 0 Å². The quantitative estimate of drug-likeness (QED) is 0.536. The minimum Gasteiger partial charge on any atom is -0.447 e. The van der Waals surface area contributed by atoms with Gasteiger partial charge in [-0.1, -0.05) is 0 Å². The van der Waals surface area contributed by atoms with Gasteiger partial charge in [-0.25, -0.2) is 4.79 Å².